The Morgan fingerprint density at radius 2 is 1.97 bits per heavy atom. The quantitative estimate of drug-likeness (QED) is 0.513. The summed E-state index contributed by atoms with van der Waals surface area (Å²) in [7, 11) is 1.54. The van der Waals surface area contributed by atoms with Crippen LogP contribution in [0.3, 0.4) is 0 Å². The number of aromatic nitrogens is 1. The van der Waals surface area contributed by atoms with Gasteiger partial charge in [-0.25, -0.2) is 4.98 Å². The van der Waals surface area contributed by atoms with Crippen molar-refractivity contribution in [3.8, 4) is 11.6 Å². The Morgan fingerprint density at radius 3 is 2.70 bits per heavy atom. The van der Waals surface area contributed by atoms with Gasteiger partial charge in [-0.3, -0.25) is 4.79 Å². The van der Waals surface area contributed by atoms with Crippen LogP contribution < -0.4 is 10.1 Å². The molecule has 3 aromatic rings. The van der Waals surface area contributed by atoms with Gasteiger partial charge in [0.15, 0.2) is 0 Å². The van der Waals surface area contributed by atoms with E-state index in [2.05, 4.69) is 15.5 Å². The number of oxime groups is 1. The summed E-state index contributed by atoms with van der Waals surface area (Å²) in [6.45, 7) is 0. The maximum absolute atomic E-state index is 12.4. The molecule has 0 bridgehead atoms. The van der Waals surface area contributed by atoms with Crippen LogP contribution in [0.1, 0.15) is 27.9 Å². The van der Waals surface area contributed by atoms with E-state index in [1.807, 2.05) is 18.2 Å². The van der Waals surface area contributed by atoms with Crippen LogP contribution in [0.25, 0.3) is 0 Å². The number of fused-ring (bicyclic) bond motifs is 1. The molecular formula is C22H17Cl2N3O3. The van der Waals surface area contributed by atoms with Gasteiger partial charge in [-0.2, -0.15) is 0 Å². The van der Waals surface area contributed by atoms with Gasteiger partial charge >= 0.3 is 0 Å². The van der Waals surface area contributed by atoms with Crippen molar-refractivity contribution in [1.82, 2.24) is 4.98 Å². The van der Waals surface area contributed by atoms with Crippen LogP contribution in [-0.2, 0) is 11.3 Å². The number of anilines is 1. The molecule has 4 rings (SSSR count). The number of nitrogens with one attached hydrogen (secondary N) is 1. The van der Waals surface area contributed by atoms with Crippen molar-refractivity contribution in [3.63, 3.8) is 0 Å². The van der Waals surface area contributed by atoms with Crippen LogP contribution in [0.5, 0.6) is 11.6 Å². The van der Waals surface area contributed by atoms with Gasteiger partial charge in [0.25, 0.3) is 5.91 Å². The first kappa shape index (κ1) is 20.2. The summed E-state index contributed by atoms with van der Waals surface area (Å²) < 4.78 is 5.97. The smallest absolute Gasteiger partial charge is 0.255 e. The zero-order valence-corrected chi connectivity index (χ0v) is 17.5. The van der Waals surface area contributed by atoms with Gasteiger partial charge in [-0.05, 0) is 43.2 Å². The number of ether oxygens (including phenoxy) is 1. The van der Waals surface area contributed by atoms with E-state index in [4.69, 9.17) is 32.8 Å². The summed E-state index contributed by atoms with van der Waals surface area (Å²) >= 11 is 11.9. The Hall–Kier alpha value is -3.09. The van der Waals surface area contributed by atoms with Crippen molar-refractivity contribution in [2.75, 3.05) is 12.4 Å². The molecule has 1 aliphatic carbocycles. The molecule has 152 valence electrons. The van der Waals surface area contributed by atoms with Gasteiger partial charge in [-0.15, -0.1) is 0 Å². The highest BCUT2D eigenvalue weighted by molar-refractivity contribution is 6.42. The average molecular weight is 442 g/mol. The van der Waals surface area contributed by atoms with E-state index in [0.29, 0.717) is 27.2 Å². The number of benzene rings is 2. The fraction of sp³-hybridized carbons (Fsp3) is 0.136. The zero-order valence-electron chi connectivity index (χ0n) is 16.0. The van der Waals surface area contributed by atoms with E-state index in [9.17, 15) is 4.79 Å². The zero-order chi connectivity index (χ0) is 21.1. The van der Waals surface area contributed by atoms with Gasteiger partial charge in [0.1, 0.15) is 12.9 Å². The van der Waals surface area contributed by atoms with Gasteiger partial charge in [-0.1, -0.05) is 40.5 Å². The number of rotatable bonds is 5. The first-order valence-electron chi connectivity index (χ1n) is 9.18. The summed E-state index contributed by atoms with van der Waals surface area (Å²) in [6.07, 6.45) is 3.16. The molecule has 0 radical (unpaired) electrons. The Balaban J connectivity index is 1.47. The molecule has 1 N–H and O–H groups in total. The van der Waals surface area contributed by atoms with Gasteiger partial charge in [0, 0.05) is 22.8 Å². The Morgan fingerprint density at radius 1 is 1.10 bits per heavy atom. The van der Waals surface area contributed by atoms with E-state index in [1.165, 1.54) is 19.4 Å². The predicted molar refractivity (Wildman–Crippen MR) is 117 cm³/mol. The number of carbonyl (C=O) groups excluding carboxylic acids is 1. The first-order valence-corrected chi connectivity index (χ1v) is 9.93. The number of nitrogens with zero attached hydrogens (tertiary/aromatic N) is 2. The lowest BCUT2D eigenvalue weighted by molar-refractivity contribution is 0.102. The van der Waals surface area contributed by atoms with Crippen molar-refractivity contribution in [2.24, 2.45) is 5.16 Å². The van der Waals surface area contributed by atoms with Crippen LogP contribution in [-0.4, -0.2) is 23.7 Å². The van der Waals surface area contributed by atoms with Crippen LogP contribution in [0, 0.1) is 0 Å². The van der Waals surface area contributed by atoms with Crippen molar-refractivity contribution >= 4 is 40.5 Å². The number of hydrogen-bond acceptors (Lipinski definition) is 5. The molecule has 2 aromatic carbocycles. The first-order chi connectivity index (χ1) is 14.5. The van der Waals surface area contributed by atoms with E-state index >= 15 is 0 Å². The second-order valence-corrected chi connectivity index (χ2v) is 7.39. The molecule has 1 aliphatic rings. The average Bonchev–Trinajstić information content (AvgIpc) is 3.16. The molecule has 1 heterocycles. The van der Waals surface area contributed by atoms with Crippen molar-refractivity contribution in [2.45, 2.75) is 12.8 Å². The second-order valence-electron chi connectivity index (χ2n) is 6.57. The normalized spacial score (nSPS) is 13.8. The summed E-state index contributed by atoms with van der Waals surface area (Å²) in [5.74, 6) is 0.844. The molecule has 1 aromatic heterocycles. The molecule has 0 fully saturated rings. The van der Waals surface area contributed by atoms with Crippen molar-refractivity contribution < 1.29 is 14.4 Å². The third kappa shape index (κ3) is 4.25. The number of pyridine rings is 1. The minimum atomic E-state index is -0.310. The summed E-state index contributed by atoms with van der Waals surface area (Å²) in [6, 6.07) is 13.9. The maximum Gasteiger partial charge on any atom is 0.255 e. The minimum absolute atomic E-state index is 0.310. The highest BCUT2D eigenvalue weighted by Gasteiger charge is 2.22. The topological polar surface area (TPSA) is 72.8 Å². The minimum Gasteiger partial charge on any atom is -0.439 e. The highest BCUT2D eigenvalue weighted by Crippen LogP contribution is 2.33. The molecule has 0 unspecified atom stereocenters. The molecule has 8 heteroatoms. The van der Waals surface area contributed by atoms with Gasteiger partial charge in [0.05, 0.1) is 27.6 Å². The Labute approximate surface area is 183 Å². The maximum atomic E-state index is 12.4. The van der Waals surface area contributed by atoms with E-state index in [1.54, 1.807) is 24.3 Å². The number of halogens is 2. The molecule has 30 heavy (non-hydrogen) atoms. The number of amides is 1. The highest BCUT2D eigenvalue weighted by atomic mass is 35.5. The van der Waals surface area contributed by atoms with Gasteiger partial charge < -0.3 is 14.9 Å². The van der Waals surface area contributed by atoms with Crippen molar-refractivity contribution in [1.29, 1.82) is 0 Å². The monoisotopic (exact) mass is 441 g/mol. The van der Waals surface area contributed by atoms with Crippen molar-refractivity contribution in [3.05, 3.63) is 81.5 Å². The molecule has 6 nitrogen and oxygen atoms in total. The SMILES string of the molecule is CON=C1CCc2c(Oc3ccc(NC(=O)c4ccc(Cl)c(Cl)c4)cn3)cccc21. The van der Waals surface area contributed by atoms with E-state index < -0.39 is 0 Å². The second kappa shape index (κ2) is 8.73. The lowest BCUT2D eigenvalue weighted by Gasteiger charge is -2.10. The Kier molecular flexibility index (Phi) is 5.88. The van der Waals surface area contributed by atoms with Crippen LogP contribution in [0.2, 0.25) is 10.0 Å². The standard InChI is InChI=1S/C22H17Cl2N3O3/c1-29-27-19-9-7-16-15(19)3-2-4-20(16)30-21-10-6-14(12-25-21)26-22(28)13-5-8-17(23)18(24)11-13/h2-6,8,10-12H,7,9H2,1H3,(H,26,28). The lowest BCUT2D eigenvalue weighted by Crippen LogP contribution is -2.12. The molecule has 0 saturated heterocycles. The van der Waals surface area contributed by atoms with Crippen LogP contribution in [0.4, 0.5) is 5.69 Å². The summed E-state index contributed by atoms with van der Waals surface area (Å²) in [5, 5.41) is 7.56. The largest absolute Gasteiger partial charge is 0.439 e. The lowest BCUT2D eigenvalue weighted by atomic mass is 10.1. The van der Waals surface area contributed by atoms with Crippen LogP contribution >= 0.6 is 23.2 Å². The number of carbonyl (C=O) groups is 1. The Bertz CT molecular complexity index is 1130. The van der Waals surface area contributed by atoms with E-state index in [0.717, 1.165) is 35.4 Å². The predicted octanol–water partition coefficient (Wildman–Crippen LogP) is 5.73. The fourth-order valence-corrected chi connectivity index (χ4v) is 3.54. The molecule has 1 amide bonds. The third-order valence-electron chi connectivity index (χ3n) is 4.65. The summed E-state index contributed by atoms with van der Waals surface area (Å²) in [5.41, 5.74) is 3.95. The van der Waals surface area contributed by atoms with Crippen LogP contribution in [0.15, 0.2) is 59.9 Å². The third-order valence-corrected chi connectivity index (χ3v) is 5.39. The number of hydrogen-bond donors (Lipinski definition) is 1. The molecule has 0 saturated carbocycles. The summed E-state index contributed by atoms with van der Waals surface area (Å²) in [4.78, 5) is 21.6. The molecule has 0 spiro atoms. The molecular weight excluding hydrogens is 425 g/mol. The van der Waals surface area contributed by atoms with E-state index in [-0.39, 0.29) is 5.91 Å². The fourth-order valence-electron chi connectivity index (χ4n) is 3.24. The molecule has 0 atom stereocenters. The van der Waals surface area contributed by atoms with Gasteiger partial charge in [0.2, 0.25) is 5.88 Å². The molecule has 0 aliphatic heterocycles.